The molecule has 0 aromatic rings. The summed E-state index contributed by atoms with van der Waals surface area (Å²) in [6, 6.07) is 0. The summed E-state index contributed by atoms with van der Waals surface area (Å²) in [7, 11) is 1.68. The van der Waals surface area contributed by atoms with Crippen LogP contribution in [0.25, 0.3) is 0 Å². The molecule has 1 saturated heterocycles. The van der Waals surface area contributed by atoms with Gasteiger partial charge in [0.2, 0.25) is 5.91 Å². The molecular formula is C11H19NO5. The Morgan fingerprint density at radius 1 is 1.29 bits per heavy atom. The summed E-state index contributed by atoms with van der Waals surface area (Å²) in [6.07, 6.45) is 1.86. The smallest absolute Gasteiger partial charge is 0.329 e. The van der Waals surface area contributed by atoms with Gasteiger partial charge in [-0.2, -0.15) is 0 Å². The number of carbonyl (C=O) groups excluding carboxylic acids is 1. The molecule has 0 radical (unpaired) electrons. The molecule has 98 valence electrons. The Kier molecular flexibility index (Phi) is 5.93. The molecule has 0 bridgehead atoms. The van der Waals surface area contributed by atoms with E-state index in [1.165, 1.54) is 0 Å². The second kappa shape index (κ2) is 7.24. The molecule has 0 aromatic carbocycles. The molecule has 1 fully saturated rings. The Hall–Kier alpha value is -1.14. The molecule has 1 aliphatic heterocycles. The number of carboxylic acid groups (broad SMARTS) is 1. The SMILES string of the molecule is COCC1CCN(C(=O)COCC(=O)O)CC1. The Bertz CT molecular complexity index is 261. The van der Waals surface area contributed by atoms with E-state index in [0.717, 1.165) is 19.4 Å². The van der Waals surface area contributed by atoms with Crippen LogP contribution in [0, 0.1) is 5.92 Å². The van der Waals surface area contributed by atoms with Crippen LogP contribution in [0.2, 0.25) is 0 Å². The average molecular weight is 245 g/mol. The number of carboxylic acids is 1. The van der Waals surface area contributed by atoms with Crippen molar-refractivity contribution in [2.24, 2.45) is 5.92 Å². The van der Waals surface area contributed by atoms with Crippen molar-refractivity contribution in [2.45, 2.75) is 12.8 Å². The van der Waals surface area contributed by atoms with Crippen molar-refractivity contribution < 1.29 is 24.2 Å². The Morgan fingerprint density at radius 2 is 1.94 bits per heavy atom. The van der Waals surface area contributed by atoms with Crippen molar-refractivity contribution in [1.29, 1.82) is 0 Å². The van der Waals surface area contributed by atoms with Crippen LogP contribution in [0.15, 0.2) is 0 Å². The summed E-state index contributed by atoms with van der Waals surface area (Å²) in [6.45, 7) is 1.55. The predicted molar refractivity (Wildman–Crippen MR) is 59.6 cm³/mol. The quantitative estimate of drug-likeness (QED) is 0.711. The maximum atomic E-state index is 11.6. The number of hydrogen-bond acceptors (Lipinski definition) is 4. The average Bonchev–Trinajstić information content (AvgIpc) is 2.30. The van der Waals surface area contributed by atoms with Gasteiger partial charge in [0.25, 0.3) is 0 Å². The maximum Gasteiger partial charge on any atom is 0.329 e. The molecular weight excluding hydrogens is 226 g/mol. The van der Waals surface area contributed by atoms with Gasteiger partial charge in [-0.15, -0.1) is 0 Å². The molecule has 1 amide bonds. The number of carbonyl (C=O) groups is 2. The molecule has 0 spiro atoms. The molecule has 1 heterocycles. The summed E-state index contributed by atoms with van der Waals surface area (Å²) in [5, 5.41) is 8.37. The highest BCUT2D eigenvalue weighted by atomic mass is 16.5. The van der Waals surface area contributed by atoms with E-state index in [1.807, 2.05) is 0 Å². The largest absolute Gasteiger partial charge is 0.480 e. The maximum absolute atomic E-state index is 11.6. The minimum atomic E-state index is -1.06. The summed E-state index contributed by atoms with van der Waals surface area (Å²) < 4.78 is 9.84. The molecule has 6 nitrogen and oxygen atoms in total. The van der Waals surface area contributed by atoms with Crippen molar-refractivity contribution >= 4 is 11.9 Å². The van der Waals surface area contributed by atoms with Gasteiger partial charge in [0.05, 0.1) is 0 Å². The van der Waals surface area contributed by atoms with E-state index in [-0.39, 0.29) is 12.5 Å². The number of methoxy groups -OCH3 is 1. The molecule has 6 heteroatoms. The van der Waals surface area contributed by atoms with Crippen LogP contribution in [0.3, 0.4) is 0 Å². The Morgan fingerprint density at radius 3 is 2.47 bits per heavy atom. The van der Waals surface area contributed by atoms with Gasteiger partial charge >= 0.3 is 5.97 Å². The van der Waals surface area contributed by atoms with Gasteiger partial charge in [-0.05, 0) is 18.8 Å². The van der Waals surface area contributed by atoms with E-state index in [4.69, 9.17) is 14.6 Å². The number of aliphatic carboxylic acids is 1. The topological polar surface area (TPSA) is 76.1 Å². The van der Waals surface area contributed by atoms with Gasteiger partial charge < -0.3 is 19.5 Å². The first-order valence-electron chi connectivity index (χ1n) is 5.69. The van der Waals surface area contributed by atoms with E-state index in [9.17, 15) is 9.59 Å². The first-order valence-corrected chi connectivity index (χ1v) is 5.69. The van der Waals surface area contributed by atoms with E-state index in [0.29, 0.717) is 19.0 Å². The molecule has 1 rings (SSSR count). The van der Waals surface area contributed by atoms with Crippen molar-refractivity contribution in [2.75, 3.05) is 40.0 Å². The fourth-order valence-corrected chi connectivity index (χ4v) is 1.90. The molecule has 0 atom stereocenters. The zero-order chi connectivity index (χ0) is 12.7. The Balaban J connectivity index is 2.19. The lowest BCUT2D eigenvalue weighted by atomic mass is 9.98. The third kappa shape index (κ3) is 5.14. The number of piperidine rings is 1. The molecule has 1 N–H and O–H groups in total. The highest BCUT2D eigenvalue weighted by Gasteiger charge is 2.22. The minimum absolute atomic E-state index is 0.137. The molecule has 0 unspecified atom stereocenters. The zero-order valence-corrected chi connectivity index (χ0v) is 10.1. The summed E-state index contributed by atoms with van der Waals surface area (Å²) >= 11 is 0. The number of ether oxygens (including phenoxy) is 2. The highest BCUT2D eigenvalue weighted by Crippen LogP contribution is 2.17. The van der Waals surface area contributed by atoms with Crippen molar-refractivity contribution in [3.05, 3.63) is 0 Å². The fraction of sp³-hybridized carbons (Fsp3) is 0.818. The van der Waals surface area contributed by atoms with Crippen molar-refractivity contribution in [3.63, 3.8) is 0 Å². The van der Waals surface area contributed by atoms with Crippen LogP contribution in [0.4, 0.5) is 0 Å². The summed E-state index contributed by atoms with van der Waals surface area (Å²) in [4.78, 5) is 23.5. The van der Waals surface area contributed by atoms with E-state index in [2.05, 4.69) is 0 Å². The van der Waals surface area contributed by atoms with Gasteiger partial charge in [0.15, 0.2) is 0 Å². The van der Waals surface area contributed by atoms with Gasteiger partial charge in [-0.3, -0.25) is 4.79 Å². The third-order valence-electron chi connectivity index (χ3n) is 2.82. The minimum Gasteiger partial charge on any atom is -0.480 e. The zero-order valence-electron chi connectivity index (χ0n) is 10.1. The lowest BCUT2D eigenvalue weighted by molar-refractivity contribution is -0.146. The second-order valence-corrected chi connectivity index (χ2v) is 4.17. The van der Waals surface area contributed by atoms with E-state index < -0.39 is 12.6 Å². The van der Waals surface area contributed by atoms with Crippen molar-refractivity contribution in [1.82, 2.24) is 4.90 Å². The molecule has 17 heavy (non-hydrogen) atoms. The summed E-state index contributed by atoms with van der Waals surface area (Å²) in [5.41, 5.74) is 0. The van der Waals surface area contributed by atoms with E-state index in [1.54, 1.807) is 12.0 Å². The second-order valence-electron chi connectivity index (χ2n) is 4.17. The van der Waals surface area contributed by atoms with Crippen LogP contribution in [0.1, 0.15) is 12.8 Å². The van der Waals surface area contributed by atoms with Crippen LogP contribution in [-0.4, -0.2) is 61.9 Å². The number of nitrogens with zero attached hydrogens (tertiary/aromatic N) is 1. The van der Waals surface area contributed by atoms with Gasteiger partial charge in [0.1, 0.15) is 13.2 Å². The monoisotopic (exact) mass is 245 g/mol. The van der Waals surface area contributed by atoms with Gasteiger partial charge in [0, 0.05) is 26.8 Å². The van der Waals surface area contributed by atoms with Gasteiger partial charge in [-0.1, -0.05) is 0 Å². The highest BCUT2D eigenvalue weighted by molar-refractivity contribution is 5.78. The van der Waals surface area contributed by atoms with Crippen LogP contribution in [-0.2, 0) is 19.1 Å². The van der Waals surface area contributed by atoms with Gasteiger partial charge in [-0.25, -0.2) is 4.79 Å². The molecule has 0 saturated carbocycles. The molecule has 0 aliphatic carbocycles. The number of rotatable bonds is 6. The van der Waals surface area contributed by atoms with Crippen LogP contribution >= 0.6 is 0 Å². The standard InChI is InChI=1S/C11H19NO5/c1-16-6-9-2-4-12(5-3-9)10(13)7-17-8-11(14)15/h9H,2-8H2,1H3,(H,14,15). The number of amides is 1. The molecule has 1 aliphatic rings. The van der Waals surface area contributed by atoms with E-state index >= 15 is 0 Å². The lowest BCUT2D eigenvalue weighted by Crippen LogP contribution is -2.41. The predicted octanol–water partition coefficient (Wildman–Crippen LogP) is -0.0274. The van der Waals surface area contributed by atoms with Crippen molar-refractivity contribution in [3.8, 4) is 0 Å². The summed E-state index contributed by atoms with van der Waals surface area (Å²) in [5.74, 6) is -0.678. The Labute approximate surface area is 100 Å². The first kappa shape index (κ1) is 13.9. The van der Waals surface area contributed by atoms with Crippen LogP contribution < -0.4 is 0 Å². The van der Waals surface area contributed by atoms with Crippen LogP contribution in [0.5, 0.6) is 0 Å². The fourth-order valence-electron chi connectivity index (χ4n) is 1.90. The number of hydrogen-bond donors (Lipinski definition) is 1. The third-order valence-corrected chi connectivity index (χ3v) is 2.82. The first-order chi connectivity index (χ1) is 8.13. The number of likely N-dealkylation sites (tertiary alicyclic amines) is 1. The normalized spacial score (nSPS) is 17.1. The molecule has 0 aromatic heterocycles. The lowest BCUT2D eigenvalue weighted by Gasteiger charge is -2.31.